The lowest BCUT2D eigenvalue weighted by Gasteiger charge is -2.30. The lowest BCUT2D eigenvalue weighted by molar-refractivity contribution is -0.134. The van der Waals surface area contributed by atoms with Crippen LogP contribution in [-0.2, 0) is 24.3 Å². The molecule has 34 heavy (non-hydrogen) atoms. The molecule has 1 atom stereocenters. The van der Waals surface area contributed by atoms with Gasteiger partial charge in [0.25, 0.3) is 0 Å². The maximum Gasteiger partial charge on any atom is 0.240 e. The number of amides is 1. The quantitative estimate of drug-likeness (QED) is 0.437. The van der Waals surface area contributed by atoms with Gasteiger partial charge in [-0.1, -0.05) is 17.7 Å². The Labute approximate surface area is 201 Å². The van der Waals surface area contributed by atoms with E-state index in [1.165, 1.54) is 29.0 Å². The monoisotopic (exact) mass is 476 g/mol. The van der Waals surface area contributed by atoms with Crippen molar-refractivity contribution in [2.45, 2.75) is 32.5 Å². The minimum Gasteiger partial charge on any atom is -0.340 e. The number of carbonyl (C=O) groups excluding carboxylic acids is 1. The Kier molecular flexibility index (Phi) is 6.12. The summed E-state index contributed by atoms with van der Waals surface area (Å²) in [5, 5.41) is 5.40. The number of hydrogen-bond donors (Lipinski definition) is 2. The van der Waals surface area contributed by atoms with Gasteiger partial charge in [-0.05, 0) is 43.3 Å². The van der Waals surface area contributed by atoms with Gasteiger partial charge < -0.3 is 20.5 Å². The Morgan fingerprint density at radius 1 is 1.18 bits per heavy atom. The van der Waals surface area contributed by atoms with Gasteiger partial charge in [0.05, 0.1) is 23.8 Å². The Balaban J connectivity index is 1.44. The van der Waals surface area contributed by atoms with E-state index in [1.807, 2.05) is 36.6 Å². The smallest absolute Gasteiger partial charge is 0.240 e. The second-order valence-electron chi connectivity index (χ2n) is 8.42. The number of nitrogens with one attached hydrogen (secondary N) is 1. The molecular formula is C25H25FN6OS. The summed E-state index contributed by atoms with van der Waals surface area (Å²) < 4.78 is 15.7. The van der Waals surface area contributed by atoms with E-state index >= 15 is 0 Å². The number of nitrogens with two attached hydrogens (primary N) is 1. The zero-order valence-corrected chi connectivity index (χ0v) is 19.6. The number of benzene rings is 2. The van der Waals surface area contributed by atoms with Crippen LogP contribution in [0.4, 0.5) is 15.9 Å². The minimum absolute atomic E-state index is 0.112. The maximum atomic E-state index is 13.6. The molecule has 0 radical (unpaired) electrons. The Bertz CT molecular complexity index is 1280. The summed E-state index contributed by atoms with van der Waals surface area (Å²) in [4.78, 5) is 23.9. The fourth-order valence-electron chi connectivity index (χ4n) is 4.11. The van der Waals surface area contributed by atoms with Gasteiger partial charge in [0.1, 0.15) is 23.2 Å². The maximum absolute atomic E-state index is 13.6. The Morgan fingerprint density at radius 2 is 1.94 bits per heavy atom. The van der Waals surface area contributed by atoms with Crippen LogP contribution in [0.15, 0.2) is 59.4 Å². The van der Waals surface area contributed by atoms with Crippen molar-refractivity contribution in [3.8, 4) is 11.3 Å². The molecule has 3 N–H and O–H groups in total. The van der Waals surface area contributed by atoms with Gasteiger partial charge in [-0.15, -0.1) is 11.3 Å². The topological polar surface area (TPSA) is 89.1 Å². The van der Waals surface area contributed by atoms with Crippen LogP contribution in [0.3, 0.4) is 0 Å². The molecule has 0 saturated carbocycles. The van der Waals surface area contributed by atoms with E-state index < -0.39 is 6.04 Å². The highest BCUT2D eigenvalue weighted by atomic mass is 32.1. The number of halogens is 1. The summed E-state index contributed by atoms with van der Waals surface area (Å²) in [5.74, 6) is 1.17. The first-order valence-corrected chi connectivity index (χ1v) is 12.0. The third kappa shape index (κ3) is 4.57. The van der Waals surface area contributed by atoms with Gasteiger partial charge in [0.15, 0.2) is 0 Å². The first-order chi connectivity index (χ1) is 16.5. The molecule has 1 aliphatic rings. The molecule has 0 saturated heterocycles. The van der Waals surface area contributed by atoms with Crippen LogP contribution >= 0.6 is 11.3 Å². The molecular weight excluding hydrogens is 451 g/mol. The molecule has 0 bridgehead atoms. The summed E-state index contributed by atoms with van der Waals surface area (Å²) in [6.45, 7) is 3.50. The molecule has 0 spiro atoms. The molecule has 1 amide bonds. The molecule has 3 heterocycles. The zero-order chi connectivity index (χ0) is 23.7. The highest BCUT2D eigenvalue weighted by Gasteiger charge is 2.29. The first-order valence-electron chi connectivity index (χ1n) is 11.1. The van der Waals surface area contributed by atoms with E-state index in [1.54, 1.807) is 22.5 Å². The standard InChI is InChI=1S/C25H25FN6OS/c1-16-2-8-19(9-3-16)29-24-23(17-4-6-18(26)7-5-17)30-22-13-31(10-11-32(22)24)25(33)21(27)12-20-14-34-15-28-20/h2-9,14-15,21,29H,10-13,27H2,1H3/t21-/m0/s1. The minimum atomic E-state index is -0.648. The number of imidazole rings is 1. The largest absolute Gasteiger partial charge is 0.340 e. The molecule has 0 fully saturated rings. The molecule has 0 unspecified atom stereocenters. The van der Waals surface area contributed by atoms with Gasteiger partial charge in [-0.25, -0.2) is 14.4 Å². The van der Waals surface area contributed by atoms with Crippen molar-refractivity contribution in [3.05, 3.63) is 82.3 Å². The number of anilines is 2. The molecule has 4 aromatic rings. The highest BCUT2D eigenvalue weighted by molar-refractivity contribution is 7.07. The molecule has 9 heteroatoms. The van der Waals surface area contributed by atoms with E-state index in [-0.39, 0.29) is 11.7 Å². The lowest BCUT2D eigenvalue weighted by atomic mass is 10.1. The van der Waals surface area contributed by atoms with E-state index in [4.69, 9.17) is 10.7 Å². The van der Waals surface area contributed by atoms with Gasteiger partial charge in [0.2, 0.25) is 5.91 Å². The Hall–Kier alpha value is -3.56. The van der Waals surface area contributed by atoms with Crippen LogP contribution in [0.25, 0.3) is 11.3 Å². The third-order valence-electron chi connectivity index (χ3n) is 5.95. The fraction of sp³-hybridized carbons (Fsp3) is 0.240. The molecule has 2 aromatic heterocycles. The van der Waals surface area contributed by atoms with Crippen molar-refractivity contribution >= 4 is 28.7 Å². The number of thiazole rings is 1. The van der Waals surface area contributed by atoms with Crippen molar-refractivity contribution in [1.29, 1.82) is 0 Å². The number of nitrogens with zero attached hydrogens (tertiary/aromatic N) is 4. The number of rotatable bonds is 6. The van der Waals surface area contributed by atoms with Gasteiger partial charge in [-0.2, -0.15) is 0 Å². The molecule has 174 valence electrons. The van der Waals surface area contributed by atoms with Crippen molar-refractivity contribution < 1.29 is 9.18 Å². The molecule has 5 rings (SSSR count). The van der Waals surface area contributed by atoms with Gasteiger partial charge in [0, 0.05) is 36.1 Å². The number of fused-ring (bicyclic) bond motifs is 1. The van der Waals surface area contributed by atoms with Crippen LogP contribution < -0.4 is 11.1 Å². The van der Waals surface area contributed by atoms with Crippen LogP contribution in [0, 0.1) is 12.7 Å². The fourth-order valence-corrected chi connectivity index (χ4v) is 4.69. The number of carbonyl (C=O) groups is 1. The van der Waals surface area contributed by atoms with Crippen molar-refractivity contribution in [2.75, 3.05) is 11.9 Å². The first kappa shape index (κ1) is 22.2. The average Bonchev–Trinajstić information content (AvgIpc) is 3.48. The van der Waals surface area contributed by atoms with Crippen LogP contribution in [0.1, 0.15) is 17.1 Å². The summed E-state index contributed by atoms with van der Waals surface area (Å²) in [6, 6.07) is 13.8. The van der Waals surface area contributed by atoms with Gasteiger partial charge >= 0.3 is 0 Å². The Morgan fingerprint density at radius 3 is 2.65 bits per heavy atom. The van der Waals surface area contributed by atoms with Crippen LogP contribution in [-0.4, -0.2) is 37.9 Å². The molecule has 2 aromatic carbocycles. The van der Waals surface area contributed by atoms with E-state index in [2.05, 4.69) is 14.9 Å². The summed E-state index contributed by atoms with van der Waals surface area (Å²) in [5.41, 5.74) is 12.4. The number of hydrogen-bond acceptors (Lipinski definition) is 6. The third-order valence-corrected chi connectivity index (χ3v) is 6.58. The average molecular weight is 477 g/mol. The van der Waals surface area contributed by atoms with Gasteiger partial charge in [-0.3, -0.25) is 4.79 Å². The molecule has 7 nitrogen and oxygen atoms in total. The van der Waals surface area contributed by atoms with Crippen LogP contribution in [0.5, 0.6) is 0 Å². The number of aromatic nitrogens is 3. The van der Waals surface area contributed by atoms with Crippen molar-refractivity contribution in [1.82, 2.24) is 19.4 Å². The second-order valence-corrected chi connectivity index (χ2v) is 9.14. The summed E-state index contributed by atoms with van der Waals surface area (Å²) >= 11 is 1.49. The van der Waals surface area contributed by atoms with Crippen LogP contribution in [0.2, 0.25) is 0 Å². The highest BCUT2D eigenvalue weighted by Crippen LogP contribution is 2.33. The second kappa shape index (κ2) is 9.36. The predicted octanol–water partition coefficient (Wildman–Crippen LogP) is 4.11. The lowest BCUT2D eigenvalue weighted by Crippen LogP contribution is -2.47. The molecule has 1 aliphatic heterocycles. The SMILES string of the molecule is Cc1ccc(Nc2c(-c3ccc(F)cc3)nc3n2CCN(C(=O)[C@@H](N)Cc2cscn2)C3)cc1. The summed E-state index contributed by atoms with van der Waals surface area (Å²) in [6.07, 6.45) is 0.411. The molecule has 0 aliphatic carbocycles. The van der Waals surface area contributed by atoms with Crippen molar-refractivity contribution in [3.63, 3.8) is 0 Å². The normalized spacial score (nSPS) is 14.0. The van der Waals surface area contributed by atoms with Crippen molar-refractivity contribution in [2.24, 2.45) is 5.73 Å². The zero-order valence-electron chi connectivity index (χ0n) is 18.7. The van der Waals surface area contributed by atoms with E-state index in [0.29, 0.717) is 26.1 Å². The van der Waals surface area contributed by atoms with E-state index in [0.717, 1.165) is 34.3 Å². The number of aryl methyl sites for hydroxylation is 1. The predicted molar refractivity (Wildman–Crippen MR) is 131 cm³/mol. The summed E-state index contributed by atoms with van der Waals surface area (Å²) in [7, 11) is 0. The van der Waals surface area contributed by atoms with E-state index in [9.17, 15) is 9.18 Å².